The lowest BCUT2D eigenvalue weighted by Gasteiger charge is -2.18. The topological polar surface area (TPSA) is 59.2 Å². The summed E-state index contributed by atoms with van der Waals surface area (Å²) in [4.78, 5) is 19.4. The van der Waals surface area contributed by atoms with Crippen LogP contribution in [-0.4, -0.2) is 35.4 Å². The van der Waals surface area contributed by atoms with E-state index in [1.165, 1.54) is 0 Å². The quantitative estimate of drug-likeness (QED) is 0.693. The molecule has 2 N–H and O–H groups in total. The van der Waals surface area contributed by atoms with Gasteiger partial charge in [0.05, 0.1) is 11.1 Å². The fourth-order valence-electron chi connectivity index (χ4n) is 3.47. The normalized spacial score (nSPS) is 16.5. The van der Waals surface area contributed by atoms with Gasteiger partial charge in [-0.3, -0.25) is 9.78 Å². The number of halogens is 2. The lowest BCUT2D eigenvalue weighted by molar-refractivity contribution is 0.0789. The van der Waals surface area contributed by atoms with Crippen molar-refractivity contribution in [1.29, 1.82) is 0 Å². The van der Waals surface area contributed by atoms with Gasteiger partial charge >= 0.3 is 0 Å². The average molecular weight is 378 g/mol. The molecule has 1 amide bonds. The molecule has 0 saturated carbocycles. The molecule has 1 aliphatic rings. The van der Waals surface area contributed by atoms with Crippen molar-refractivity contribution in [1.82, 2.24) is 9.88 Å². The van der Waals surface area contributed by atoms with Gasteiger partial charge in [0.25, 0.3) is 5.91 Å². The number of benzene rings is 2. The Kier molecular flexibility index (Phi) is 6.22. The Bertz CT molecular complexity index is 900. The predicted octanol–water partition coefficient (Wildman–Crippen LogP) is 3.65. The van der Waals surface area contributed by atoms with Crippen molar-refractivity contribution in [3.05, 3.63) is 54.2 Å². The van der Waals surface area contributed by atoms with Gasteiger partial charge in [-0.15, -0.1) is 24.8 Å². The van der Waals surface area contributed by atoms with E-state index in [0.717, 1.165) is 41.2 Å². The van der Waals surface area contributed by atoms with E-state index in [0.29, 0.717) is 18.0 Å². The summed E-state index contributed by atoms with van der Waals surface area (Å²) in [5.41, 5.74) is 7.23. The number of amides is 1. The van der Waals surface area contributed by atoms with Crippen molar-refractivity contribution in [2.24, 2.45) is 11.7 Å². The SMILES string of the molecule is Cl.Cl.NCC1CCN(C(=O)c2cc3ccccc3c3cccnc23)C1. The summed E-state index contributed by atoms with van der Waals surface area (Å²) in [5.74, 6) is 0.481. The highest BCUT2D eigenvalue weighted by molar-refractivity contribution is 6.15. The Labute approximate surface area is 159 Å². The number of likely N-dealkylation sites (tertiary alicyclic amines) is 1. The summed E-state index contributed by atoms with van der Waals surface area (Å²) in [6.07, 6.45) is 2.74. The van der Waals surface area contributed by atoms with E-state index in [1.54, 1.807) is 6.20 Å². The van der Waals surface area contributed by atoms with Crippen molar-refractivity contribution < 1.29 is 4.79 Å². The first kappa shape index (κ1) is 19.4. The molecule has 0 spiro atoms. The summed E-state index contributed by atoms with van der Waals surface area (Å²) >= 11 is 0. The van der Waals surface area contributed by atoms with Gasteiger partial charge in [-0.05, 0) is 41.8 Å². The molecule has 6 heteroatoms. The molecule has 4 nitrogen and oxygen atoms in total. The third-order valence-corrected chi connectivity index (χ3v) is 4.75. The lowest BCUT2D eigenvalue weighted by Crippen LogP contribution is -2.30. The van der Waals surface area contributed by atoms with Crippen LogP contribution in [0.3, 0.4) is 0 Å². The van der Waals surface area contributed by atoms with Crippen LogP contribution in [0, 0.1) is 5.92 Å². The van der Waals surface area contributed by atoms with Gasteiger partial charge in [0.1, 0.15) is 0 Å². The number of nitrogens with two attached hydrogens (primary N) is 1. The molecule has 2 heterocycles. The maximum Gasteiger partial charge on any atom is 0.256 e. The zero-order chi connectivity index (χ0) is 15.8. The summed E-state index contributed by atoms with van der Waals surface area (Å²) in [7, 11) is 0. The van der Waals surface area contributed by atoms with E-state index < -0.39 is 0 Å². The van der Waals surface area contributed by atoms with Crippen LogP contribution >= 0.6 is 24.8 Å². The zero-order valence-corrected chi connectivity index (χ0v) is 15.4. The maximum atomic E-state index is 13.0. The smallest absolute Gasteiger partial charge is 0.256 e. The highest BCUT2D eigenvalue weighted by atomic mass is 35.5. The van der Waals surface area contributed by atoms with Gasteiger partial charge in [0.15, 0.2) is 0 Å². The highest BCUT2D eigenvalue weighted by Crippen LogP contribution is 2.29. The third kappa shape index (κ3) is 3.43. The third-order valence-electron chi connectivity index (χ3n) is 4.75. The van der Waals surface area contributed by atoms with E-state index in [-0.39, 0.29) is 30.7 Å². The first-order valence-electron chi connectivity index (χ1n) is 8.04. The fraction of sp³-hybridized carbons (Fsp3) is 0.263. The van der Waals surface area contributed by atoms with Crippen LogP contribution in [0.15, 0.2) is 48.7 Å². The average Bonchev–Trinajstić information content (AvgIpc) is 3.09. The van der Waals surface area contributed by atoms with Crippen LogP contribution < -0.4 is 5.73 Å². The van der Waals surface area contributed by atoms with Crippen molar-refractivity contribution in [3.8, 4) is 0 Å². The van der Waals surface area contributed by atoms with Crippen LogP contribution in [0.25, 0.3) is 21.7 Å². The van der Waals surface area contributed by atoms with Crippen molar-refractivity contribution in [3.63, 3.8) is 0 Å². The number of nitrogens with zero attached hydrogens (tertiary/aromatic N) is 2. The number of hydrogen-bond acceptors (Lipinski definition) is 3. The van der Waals surface area contributed by atoms with E-state index in [2.05, 4.69) is 11.1 Å². The Balaban J connectivity index is 0.00000113. The summed E-state index contributed by atoms with van der Waals surface area (Å²) in [5, 5.41) is 3.24. The Morgan fingerprint density at radius 2 is 1.92 bits per heavy atom. The fourth-order valence-corrected chi connectivity index (χ4v) is 3.47. The molecule has 1 atom stereocenters. The zero-order valence-electron chi connectivity index (χ0n) is 13.7. The van der Waals surface area contributed by atoms with Crippen LogP contribution in [0.5, 0.6) is 0 Å². The van der Waals surface area contributed by atoms with Crippen LogP contribution in [0.2, 0.25) is 0 Å². The molecule has 0 bridgehead atoms. The van der Waals surface area contributed by atoms with Crippen LogP contribution in [0.1, 0.15) is 16.8 Å². The summed E-state index contributed by atoms with van der Waals surface area (Å²) in [6, 6.07) is 14.1. The van der Waals surface area contributed by atoms with Gasteiger partial charge in [-0.25, -0.2) is 0 Å². The van der Waals surface area contributed by atoms with Gasteiger partial charge in [0, 0.05) is 24.7 Å². The molecule has 1 saturated heterocycles. The number of aromatic nitrogens is 1. The summed E-state index contributed by atoms with van der Waals surface area (Å²) < 4.78 is 0. The molecule has 25 heavy (non-hydrogen) atoms. The van der Waals surface area contributed by atoms with E-state index in [9.17, 15) is 4.79 Å². The number of carbonyl (C=O) groups excluding carboxylic acids is 1. The first-order valence-corrected chi connectivity index (χ1v) is 8.04. The first-order chi connectivity index (χ1) is 11.3. The molecule has 1 fully saturated rings. The number of rotatable bonds is 2. The molecule has 3 aromatic rings. The molecule has 132 valence electrons. The van der Waals surface area contributed by atoms with Gasteiger partial charge in [0.2, 0.25) is 0 Å². The number of fused-ring (bicyclic) bond motifs is 3. The standard InChI is InChI=1S/C19H19N3O.2ClH/c20-11-13-7-9-22(12-13)19(23)17-10-14-4-1-2-5-15(14)16-6-3-8-21-18(16)17;;/h1-6,8,10,13H,7,9,11-12,20H2;2*1H. The van der Waals surface area contributed by atoms with E-state index in [4.69, 9.17) is 5.73 Å². The summed E-state index contributed by atoms with van der Waals surface area (Å²) in [6.45, 7) is 2.17. The van der Waals surface area contributed by atoms with Gasteiger partial charge < -0.3 is 10.6 Å². The largest absolute Gasteiger partial charge is 0.338 e. The van der Waals surface area contributed by atoms with E-state index in [1.807, 2.05) is 41.3 Å². The monoisotopic (exact) mass is 377 g/mol. The van der Waals surface area contributed by atoms with E-state index >= 15 is 0 Å². The predicted molar refractivity (Wildman–Crippen MR) is 107 cm³/mol. The Morgan fingerprint density at radius 1 is 1.16 bits per heavy atom. The van der Waals surface area contributed by atoms with Gasteiger partial charge in [-0.2, -0.15) is 0 Å². The maximum absolute atomic E-state index is 13.0. The van der Waals surface area contributed by atoms with Crippen LogP contribution in [-0.2, 0) is 0 Å². The van der Waals surface area contributed by atoms with Crippen LogP contribution in [0.4, 0.5) is 0 Å². The Hall–Kier alpha value is -1.88. The minimum Gasteiger partial charge on any atom is -0.338 e. The molecule has 1 aliphatic heterocycles. The highest BCUT2D eigenvalue weighted by Gasteiger charge is 2.27. The number of pyridine rings is 1. The molecule has 1 unspecified atom stereocenters. The van der Waals surface area contributed by atoms with Crippen molar-refractivity contribution in [2.45, 2.75) is 6.42 Å². The molecule has 0 radical (unpaired) electrons. The minimum absolute atomic E-state index is 0. The Morgan fingerprint density at radius 3 is 2.68 bits per heavy atom. The molecule has 4 rings (SSSR count). The molecule has 2 aromatic carbocycles. The lowest BCUT2D eigenvalue weighted by atomic mass is 10.00. The molecule has 1 aromatic heterocycles. The molecule has 0 aliphatic carbocycles. The molecular weight excluding hydrogens is 357 g/mol. The number of carbonyl (C=O) groups is 1. The van der Waals surface area contributed by atoms with Crippen molar-refractivity contribution >= 4 is 52.4 Å². The molecular formula is C19H21Cl2N3O. The number of hydrogen-bond donors (Lipinski definition) is 1. The minimum atomic E-state index is 0. The second-order valence-electron chi connectivity index (χ2n) is 6.19. The second-order valence-corrected chi connectivity index (χ2v) is 6.19. The van der Waals surface area contributed by atoms with Crippen molar-refractivity contribution in [2.75, 3.05) is 19.6 Å². The van der Waals surface area contributed by atoms with Gasteiger partial charge in [-0.1, -0.05) is 30.3 Å². The second kappa shape index (κ2) is 8.00.